The second-order valence-electron chi connectivity index (χ2n) is 14.5. The van der Waals surface area contributed by atoms with Crippen molar-refractivity contribution in [1.29, 1.82) is 0 Å². The molecule has 0 aliphatic carbocycles. The Labute approximate surface area is 316 Å². The van der Waals surface area contributed by atoms with Crippen LogP contribution >= 0.6 is 0 Å². The Bertz CT molecular complexity index is 2710. The van der Waals surface area contributed by atoms with Gasteiger partial charge < -0.3 is 4.90 Å². The highest BCUT2D eigenvalue weighted by atomic mass is 32.2. The number of hydrogen-bond donors (Lipinski definition) is 3. The molecule has 0 unspecified atom stereocenters. The topological polar surface area (TPSA) is 169 Å². The van der Waals surface area contributed by atoms with Crippen LogP contribution in [0.3, 0.4) is 0 Å². The molecule has 0 radical (unpaired) electrons. The van der Waals surface area contributed by atoms with Crippen molar-refractivity contribution < 1.29 is 43.5 Å². The van der Waals surface area contributed by atoms with Crippen LogP contribution in [0, 0.1) is 0 Å². The molecule has 2 heterocycles. The summed E-state index contributed by atoms with van der Waals surface area (Å²) < 4.78 is 102. The van der Waals surface area contributed by atoms with Gasteiger partial charge in [0.25, 0.3) is 30.4 Å². The Balaban J connectivity index is 1.30. The number of anilines is 1. The minimum atomic E-state index is -4.41. The van der Waals surface area contributed by atoms with Crippen LogP contribution < -0.4 is 4.90 Å². The largest absolute Gasteiger partial charge is 0.343 e. The van der Waals surface area contributed by atoms with Gasteiger partial charge in [-0.3, -0.25) is 13.7 Å². The Morgan fingerprint density at radius 3 is 1.81 bits per heavy atom. The quantitative estimate of drug-likeness (QED) is 0.0785. The van der Waals surface area contributed by atoms with Crippen LogP contribution in [0.4, 0.5) is 11.4 Å². The van der Waals surface area contributed by atoms with Gasteiger partial charge in [-0.25, -0.2) is 0 Å². The fraction of sp³-hybridized carbons (Fsp3) is 0.275. The Kier molecular flexibility index (Phi) is 10.2. The van der Waals surface area contributed by atoms with Gasteiger partial charge in [-0.05, 0) is 83.4 Å². The average molecular weight is 792 g/mol. The number of allylic oxidation sites excluding steroid dienone is 8. The first-order chi connectivity index (χ1) is 25.2. The monoisotopic (exact) mass is 791 g/mol. The van der Waals surface area contributed by atoms with E-state index >= 15 is 0 Å². The molecule has 0 saturated heterocycles. The molecule has 0 atom stereocenters. The molecule has 14 heteroatoms. The summed E-state index contributed by atoms with van der Waals surface area (Å²) in [6.07, 6.45) is 14.3. The van der Waals surface area contributed by atoms with E-state index in [1.54, 1.807) is 24.3 Å². The van der Waals surface area contributed by atoms with Crippen molar-refractivity contribution in [3.05, 3.63) is 120 Å². The van der Waals surface area contributed by atoms with Gasteiger partial charge in [0.2, 0.25) is 5.69 Å². The van der Waals surface area contributed by atoms with Gasteiger partial charge in [-0.2, -0.15) is 29.8 Å². The maximum atomic E-state index is 11.8. The molecular weight excluding hydrogens is 749 g/mol. The van der Waals surface area contributed by atoms with Crippen molar-refractivity contribution in [2.24, 2.45) is 0 Å². The molecular formula is C40H43N2O9S3+. The summed E-state index contributed by atoms with van der Waals surface area (Å²) in [5, 5.41) is 2.99. The maximum absolute atomic E-state index is 11.8. The third-order valence-electron chi connectivity index (χ3n) is 10.2. The zero-order valence-electron chi connectivity index (χ0n) is 30.6. The minimum absolute atomic E-state index is 0.00977. The third kappa shape index (κ3) is 7.33. The molecule has 4 aromatic rings. The van der Waals surface area contributed by atoms with Gasteiger partial charge >= 0.3 is 0 Å². The number of benzene rings is 4. The Morgan fingerprint density at radius 2 is 1.24 bits per heavy atom. The maximum Gasteiger partial charge on any atom is 0.294 e. The highest BCUT2D eigenvalue weighted by molar-refractivity contribution is 7.86. The van der Waals surface area contributed by atoms with Crippen LogP contribution in [0.25, 0.3) is 21.5 Å². The van der Waals surface area contributed by atoms with Crippen molar-refractivity contribution in [3.8, 4) is 0 Å². The highest BCUT2D eigenvalue weighted by Crippen LogP contribution is 2.51. The molecule has 0 saturated carbocycles. The second kappa shape index (κ2) is 14.0. The van der Waals surface area contributed by atoms with Gasteiger partial charge in [-0.1, -0.05) is 69.4 Å². The smallest absolute Gasteiger partial charge is 0.294 e. The minimum Gasteiger partial charge on any atom is -0.343 e. The Morgan fingerprint density at radius 1 is 0.685 bits per heavy atom. The van der Waals surface area contributed by atoms with E-state index in [0.717, 1.165) is 63.0 Å². The molecule has 0 fully saturated rings. The number of fused-ring (bicyclic) bond motifs is 6. The molecule has 0 aromatic heterocycles. The fourth-order valence-corrected chi connectivity index (χ4v) is 9.31. The van der Waals surface area contributed by atoms with Gasteiger partial charge in [-0.15, -0.1) is 0 Å². The van der Waals surface area contributed by atoms with Crippen LogP contribution in [-0.4, -0.2) is 68.0 Å². The number of hydrogen-bond acceptors (Lipinski definition) is 7. The lowest BCUT2D eigenvalue weighted by molar-refractivity contribution is -0.437. The average Bonchev–Trinajstić information content (AvgIpc) is 3.43. The summed E-state index contributed by atoms with van der Waals surface area (Å²) in [6, 6.07) is 16.4. The van der Waals surface area contributed by atoms with E-state index in [4.69, 9.17) is 0 Å². The molecule has 0 spiro atoms. The lowest BCUT2D eigenvalue weighted by atomic mass is 9.79. The van der Waals surface area contributed by atoms with Crippen molar-refractivity contribution >= 4 is 69.0 Å². The van der Waals surface area contributed by atoms with Crippen molar-refractivity contribution in [2.75, 3.05) is 23.7 Å². The van der Waals surface area contributed by atoms with Crippen LogP contribution in [0.1, 0.15) is 52.2 Å². The van der Waals surface area contributed by atoms with E-state index in [2.05, 4.69) is 31.4 Å². The zero-order chi connectivity index (χ0) is 39.4. The summed E-state index contributed by atoms with van der Waals surface area (Å²) in [7, 11) is -13.0. The summed E-state index contributed by atoms with van der Waals surface area (Å²) >= 11 is 0. The molecule has 2 aliphatic rings. The lowest BCUT2D eigenvalue weighted by Gasteiger charge is -2.26. The van der Waals surface area contributed by atoms with Crippen molar-refractivity contribution in [3.63, 3.8) is 0 Å². The van der Waals surface area contributed by atoms with Crippen LogP contribution in [-0.2, 0) is 41.2 Å². The van der Waals surface area contributed by atoms with Crippen LogP contribution in [0.5, 0.6) is 0 Å². The van der Waals surface area contributed by atoms with Crippen LogP contribution in [0.15, 0.2) is 119 Å². The van der Waals surface area contributed by atoms with E-state index in [-0.39, 0.29) is 16.3 Å². The predicted molar refractivity (Wildman–Crippen MR) is 213 cm³/mol. The summed E-state index contributed by atoms with van der Waals surface area (Å²) in [6.45, 7) is 11.1. The molecule has 2 aliphatic heterocycles. The molecule has 11 nitrogen and oxygen atoms in total. The summed E-state index contributed by atoms with van der Waals surface area (Å²) in [5.74, 6) is -0.497. The van der Waals surface area contributed by atoms with Gasteiger partial charge in [0, 0.05) is 47.5 Å². The van der Waals surface area contributed by atoms with E-state index in [0.29, 0.717) is 5.39 Å². The predicted octanol–water partition coefficient (Wildman–Crippen LogP) is 7.51. The molecule has 6 rings (SSSR count). The highest BCUT2D eigenvalue weighted by Gasteiger charge is 2.45. The van der Waals surface area contributed by atoms with E-state index in [9.17, 15) is 38.9 Å². The first-order valence-electron chi connectivity index (χ1n) is 17.4. The first-order valence-corrected chi connectivity index (χ1v) is 21.8. The number of nitrogens with zero attached hydrogens (tertiary/aromatic N) is 2. The molecule has 3 N–H and O–H groups in total. The second-order valence-corrected chi connectivity index (χ2v) is 19.0. The van der Waals surface area contributed by atoms with Crippen molar-refractivity contribution in [1.82, 2.24) is 0 Å². The summed E-state index contributed by atoms with van der Waals surface area (Å²) in [5.41, 5.74) is 4.51. The normalized spacial score (nSPS) is 18.0. The standard InChI is InChI=1S/C40H42N2O9S3/c1-6-22-41-33-20-14-27-25-29(53(46,47)48)16-18-31(27)37(33)39(2,3)35(41)12-10-8-7-9-11-13-36-40(4,5)38-32-19-17-30(54(49,50)51)26-28(32)15-21-34(38)42(36)23-24-52(43,44)45/h7-21,25-26H,6,22-24H2,1-5H3,(H2-,43,44,45,46,47,48,49,50,51)/p+1. The molecule has 54 heavy (non-hydrogen) atoms. The zero-order valence-corrected chi connectivity index (χ0v) is 33.0. The molecule has 0 amide bonds. The SMILES string of the molecule is CCC[N+]1=C(/C=C/C=C/C=C/C=C2\N(CCS(=O)(=O)O)c3ccc4cc(S(=O)(=O)O)ccc4c3C2(C)C)C(C)(C)c2c1ccc1cc(S(=O)(=O)O)ccc21. The van der Waals surface area contributed by atoms with E-state index in [1.165, 1.54) is 24.3 Å². The first kappa shape index (κ1) is 39.3. The van der Waals surface area contributed by atoms with Gasteiger partial charge in [0.05, 0.1) is 21.0 Å². The van der Waals surface area contributed by atoms with Gasteiger partial charge in [0.1, 0.15) is 6.54 Å². The third-order valence-corrected chi connectivity index (χ3v) is 12.6. The molecule has 0 bridgehead atoms. The molecule has 4 aromatic carbocycles. The molecule has 284 valence electrons. The van der Waals surface area contributed by atoms with E-state index in [1.807, 2.05) is 67.3 Å². The summed E-state index contributed by atoms with van der Waals surface area (Å²) in [4.78, 5) is 1.47. The lowest BCUT2D eigenvalue weighted by Crippen LogP contribution is -2.30. The van der Waals surface area contributed by atoms with Gasteiger partial charge in [0.15, 0.2) is 5.71 Å². The van der Waals surface area contributed by atoms with Crippen molar-refractivity contribution in [2.45, 2.75) is 61.7 Å². The van der Waals surface area contributed by atoms with E-state index < -0.39 is 46.9 Å². The fourth-order valence-electron chi connectivity index (χ4n) is 7.86. The van der Waals surface area contributed by atoms with Crippen LogP contribution in [0.2, 0.25) is 0 Å². The Hall–Kier alpha value is -4.44. The number of rotatable bonds is 11.